The molecule has 2 N–H and O–H groups in total. The molecule has 0 spiro atoms. The van der Waals surface area contributed by atoms with Crippen molar-refractivity contribution < 1.29 is 0 Å². The summed E-state index contributed by atoms with van der Waals surface area (Å²) in [4.78, 5) is 13.9. The average molecular weight is 306 g/mol. The normalized spacial score (nSPS) is 15.5. The highest BCUT2D eigenvalue weighted by Gasteiger charge is 2.22. The average Bonchev–Trinajstić information content (AvgIpc) is 2.73. The maximum atomic E-state index is 6.17. The Morgan fingerprint density at radius 2 is 2.30 bits per heavy atom. The van der Waals surface area contributed by atoms with Crippen LogP contribution in [0, 0.1) is 0 Å². The largest absolute Gasteiger partial charge is 0.383 e. The number of thioether (sulfide) groups is 1. The lowest BCUT2D eigenvalue weighted by atomic mass is 10.1. The molecule has 2 aromatic heterocycles. The first-order valence-corrected chi connectivity index (χ1v) is 8.38. The summed E-state index contributed by atoms with van der Waals surface area (Å²) >= 11 is 3.36. The Balaban J connectivity index is 2.02. The topological polar surface area (TPSA) is 55.0 Å². The molecule has 20 heavy (non-hydrogen) atoms. The minimum absolute atomic E-state index is 0.626. The van der Waals surface area contributed by atoms with Crippen molar-refractivity contribution in [2.45, 2.75) is 25.0 Å². The van der Waals surface area contributed by atoms with E-state index in [9.17, 15) is 0 Å². The number of nitrogen functional groups attached to an aromatic ring is 1. The molecule has 4 nitrogen and oxygen atoms in total. The van der Waals surface area contributed by atoms with Crippen LogP contribution < -0.4 is 5.73 Å². The van der Waals surface area contributed by atoms with Crippen molar-refractivity contribution in [2.75, 3.05) is 25.1 Å². The van der Waals surface area contributed by atoms with Gasteiger partial charge in [0.1, 0.15) is 10.6 Å². The zero-order valence-electron chi connectivity index (χ0n) is 11.8. The van der Waals surface area contributed by atoms with Crippen LogP contribution in [0.15, 0.2) is 17.3 Å². The highest BCUT2D eigenvalue weighted by molar-refractivity contribution is 7.99. The lowest BCUT2D eigenvalue weighted by Crippen LogP contribution is -2.25. The second kappa shape index (κ2) is 5.35. The van der Waals surface area contributed by atoms with Gasteiger partial charge in [0.2, 0.25) is 0 Å². The van der Waals surface area contributed by atoms with Gasteiger partial charge in [-0.3, -0.25) is 0 Å². The molecule has 0 aromatic carbocycles. The Morgan fingerprint density at radius 3 is 3.05 bits per heavy atom. The van der Waals surface area contributed by atoms with Crippen LogP contribution in [0.5, 0.6) is 0 Å². The molecule has 106 valence electrons. The van der Waals surface area contributed by atoms with Gasteiger partial charge in [-0.2, -0.15) is 0 Å². The van der Waals surface area contributed by atoms with Crippen molar-refractivity contribution in [1.82, 2.24) is 14.9 Å². The number of anilines is 1. The highest BCUT2D eigenvalue weighted by atomic mass is 32.2. The van der Waals surface area contributed by atoms with Crippen LogP contribution in [0.2, 0.25) is 0 Å². The molecule has 6 heteroatoms. The Hall–Kier alpha value is -1.11. The van der Waals surface area contributed by atoms with Gasteiger partial charge in [-0.1, -0.05) is 23.9 Å². The number of hydrogen-bond donors (Lipinski definition) is 1. The van der Waals surface area contributed by atoms with Crippen LogP contribution in [0.3, 0.4) is 0 Å². The first-order chi connectivity index (χ1) is 9.54. The first kappa shape index (κ1) is 13.9. The fourth-order valence-electron chi connectivity index (χ4n) is 2.38. The van der Waals surface area contributed by atoms with E-state index in [0.29, 0.717) is 5.82 Å². The summed E-state index contributed by atoms with van der Waals surface area (Å²) in [5, 5.41) is 1.84. The fraction of sp³-hybridized carbons (Fsp3) is 0.429. The van der Waals surface area contributed by atoms with E-state index in [1.165, 1.54) is 10.4 Å². The third-order valence-corrected chi connectivity index (χ3v) is 5.53. The highest BCUT2D eigenvalue weighted by Crippen LogP contribution is 2.37. The van der Waals surface area contributed by atoms with E-state index in [1.54, 1.807) is 23.1 Å². The van der Waals surface area contributed by atoms with E-state index in [1.807, 2.05) is 6.92 Å². The molecular weight excluding hydrogens is 288 g/mol. The summed E-state index contributed by atoms with van der Waals surface area (Å²) in [6.45, 7) is 7.98. The van der Waals surface area contributed by atoms with Gasteiger partial charge < -0.3 is 10.6 Å². The van der Waals surface area contributed by atoms with E-state index in [-0.39, 0.29) is 0 Å². The summed E-state index contributed by atoms with van der Waals surface area (Å²) < 4.78 is 0. The summed E-state index contributed by atoms with van der Waals surface area (Å²) in [5.41, 5.74) is 8.65. The van der Waals surface area contributed by atoms with E-state index < -0.39 is 0 Å². The van der Waals surface area contributed by atoms with Crippen molar-refractivity contribution >= 4 is 39.1 Å². The lowest BCUT2D eigenvalue weighted by molar-refractivity contribution is 0.318. The SMILES string of the molecule is C=C(C)CSc1nc(N)c2c3c(sc2n1)CN(C)CC3. The monoisotopic (exact) mass is 306 g/mol. The third-order valence-electron chi connectivity index (χ3n) is 3.35. The van der Waals surface area contributed by atoms with Crippen molar-refractivity contribution in [1.29, 1.82) is 0 Å². The second-order valence-electron chi connectivity index (χ2n) is 5.31. The number of thiophene rings is 1. The van der Waals surface area contributed by atoms with E-state index >= 15 is 0 Å². The van der Waals surface area contributed by atoms with Gasteiger partial charge in [0.15, 0.2) is 5.16 Å². The van der Waals surface area contributed by atoms with Gasteiger partial charge in [-0.05, 0) is 26.0 Å². The third kappa shape index (κ3) is 2.55. The molecule has 0 saturated carbocycles. The Kier molecular flexibility index (Phi) is 3.70. The maximum absolute atomic E-state index is 6.17. The molecule has 0 aliphatic carbocycles. The van der Waals surface area contributed by atoms with Crippen LogP contribution >= 0.6 is 23.1 Å². The van der Waals surface area contributed by atoms with Crippen LogP contribution in [-0.2, 0) is 13.0 Å². The smallest absolute Gasteiger partial charge is 0.191 e. The Labute approximate surface area is 127 Å². The number of hydrogen-bond acceptors (Lipinski definition) is 6. The molecule has 1 aliphatic rings. The standard InChI is InChI=1S/C14H18N4S2/c1-8(2)7-19-14-16-12(15)11-9-4-5-18(3)6-10(9)20-13(11)17-14/h1,4-7H2,2-3H3,(H2,15,16,17). The van der Waals surface area contributed by atoms with Crippen molar-refractivity contribution in [2.24, 2.45) is 0 Å². The van der Waals surface area contributed by atoms with Crippen LogP contribution in [0.4, 0.5) is 5.82 Å². The quantitative estimate of drug-likeness (QED) is 0.537. The molecule has 0 bridgehead atoms. The zero-order valence-corrected chi connectivity index (χ0v) is 13.4. The molecule has 0 fully saturated rings. The van der Waals surface area contributed by atoms with E-state index in [4.69, 9.17) is 5.73 Å². The van der Waals surface area contributed by atoms with Gasteiger partial charge in [-0.25, -0.2) is 9.97 Å². The number of nitrogens with zero attached hydrogens (tertiary/aromatic N) is 3. The van der Waals surface area contributed by atoms with Gasteiger partial charge in [0.25, 0.3) is 0 Å². The number of likely N-dealkylation sites (N-methyl/N-ethyl adjacent to an activating group) is 1. The predicted molar refractivity (Wildman–Crippen MR) is 87.4 cm³/mol. The van der Waals surface area contributed by atoms with Gasteiger partial charge in [0.05, 0.1) is 5.39 Å². The van der Waals surface area contributed by atoms with E-state index in [2.05, 4.69) is 28.5 Å². The zero-order chi connectivity index (χ0) is 14.3. The van der Waals surface area contributed by atoms with Crippen molar-refractivity contribution in [3.05, 3.63) is 22.6 Å². The van der Waals surface area contributed by atoms with Crippen LogP contribution in [-0.4, -0.2) is 34.2 Å². The van der Waals surface area contributed by atoms with Crippen molar-refractivity contribution in [3.8, 4) is 0 Å². The Bertz CT molecular complexity index is 677. The Morgan fingerprint density at radius 1 is 1.50 bits per heavy atom. The molecule has 0 atom stereocenters. The van der Waals surface area contributed by atoms with Gasteiger partial charge in [-0.15, -0.1) is 11.3 Å². The molecule has 0 saturated heterocycles. The molecule has 2 aromatic rings. The molecule has 0 unspecified atom stereocenters. The molecular formula is C14H18N4S2. The van der Waals surface area contributed by atoms with Gasteiger partial charge in [0, 0.05) is 23.7 Å². The molecule has 3 heterocycles. The summed E-state index contributed by atoms with van der Waals surface area (Å²) in [7, 11) is 2.15. The van der Waals surface area contributed by atoms with Crippen LogP contribution in [0.1, 0.15) is 17.4 Å². The number of rotatable bonds is 3. The predicted octanol–water partition coefficient (Wildman–Crippen LogP) is 2.93. The second-order valence-corrected chi connectivity index (χ2v) is 7.34. The van der Waals surface area contributed by atoms with Crippen LogP contribution in [0.25, 0.3) is 10.2 Å². The summed E-state index contributed by atoms with van der Waals surface area (Å²) in [6.07, 6.45) is 1.04. The first-order valence-electron chi connectivity index (χ1n) is 6.58. The minimum Gasteiger partial charge on any atom is -0.383 e. The number of fused-ring (bicyclic) bond motifs is 3. The lowest BCUT2D eigenvalue weighted by Gasteiger charge is -2.22. The van der Waals surface area contributed by atoms with Gasteiger partial charge >= 0.3 is 0 Å². The molecule has 0 radical (unpaired) electrons. The number of aromatic nitrogens is 2. The minimum atomic E-state index is 0.626. The molecule has 0 amide bonds. The van der Waals surface area contributed by atoms with Crippen molar-refractivity contribution in [3.63, 3.8) is 0 Å². The summed E-state index contributed by atoms with van der Waals surface area (Å²) in [6, 6.07) is 0. The van der Waals surface area contributed by atoms with E-state index in [0.717, 1.165) is 46.2 Å². The fourth-order valence-corrected chi connectivity index (χ4v) is 4.44. The molecule has 3 rings (SSSR count). The maximum Gasteiger partial charge on any atom is 0.191 e. The molecule has 1 aliphatic heterocycles. The summed E-state index contributed by atoms with van der Waals surface area (Å²) in [5.74, 6) is 1.46. The number of nitrogens with two attached hydrogens (primary N) is 1.